The van der Waals surface area contributed by atoms with Crippen molar-refractivity contribution in [3.8, 4) is 11.5 Å². The lowest BCUT2D eigenvalue weighted by molar-refractivity contribution is 0.102. The van der Waals surface area contributed by atoms with E-state index in [4.69, 9.17) is 9.47 Å². The highest BCUT2D eigenvalue weighted by atomic mass is 16.5. The average molecular weight is 411 g/mol. The number of nitrogens with one attached hydrogen (secondary N) is 1. The molecule has 0 radical (unpaired) electrons. The van der Waals surface area contributed by atoms with E-state index in [1.54, 1.807) is 55.0 Å². The van der Waals surface area contributed by atoms with Crippen LogP contribution in [0.25, 0.3) is 0 Å². The number of hydrogen-bond donors (Lipinski definition) is 1. The van der Waals surface area contributed by atoms with Gasteiger partial charge in [-0.2, -0.15) is 0 Å². The van der Waals surface area contributed by atoms with E-state index in [9.17, 15) is 4.79 Å². The first-order valence-corrected chi connectivity index (χ1v) is 9.83. The second-order valence-electron chi connectivity index (χ2n) is 6.75. The van der Waals surface area contributed by atoms with Crippen LogP contribution in [0.5, 0.6) is 11.5 Å². The summed E-state index contributed by atoms with van der Waals surface area (Å²) in [7, 11) is 0. The third-order valence-corrected chi connectivity index (χ3v) is 4.51. The summed E-state index contributed by atoms with van der Waals surface area (Å²) in [6.07, 6.45) is 5.02. The molecule has 0 atom stereocenters. The van der Waals surface area contributed by atoms with E-state index in [1.807, 2.05) is 42.5 Å². The minimum absolute atomic E-state index is 0.276. The van der Waals surface area contributed by atoms with Crippen molar-refractivity contribution >= 4 is 11.7 Å². The minimum atomic E-state index is -0.276. The first-order chi connectivity index (χ1) is 15.3. The van der Waals surface area contributed by atoms with Crippen molar-refractivity contribution < 1.29 is 14.3 Å². The second-order valence-corrected chi connectivity index (χ2v) is 6.75. The molecular formula is C25H21N3O3. The maximum atomic E-state index is 12.7. The maximum Gasteiger partial charge on any atom is 0.256 e. The highest BCUT2D eigenvalue weighted by Crippen LogP contribution is 2.23. The Labute approximate surface area is 180 Å². The van der Waals surface area contributed by atoms with Crippen molar-refractivity contribution in [1.29, 1.82) is 0 Å². The van der Waals surface area contributed by atoms with E-state index in [-0.39, 0.29) is 5.91 Å². The number of aromatic nitrogens is 2. The molecule has 0 aliphatic carbocycles. The topological polar surface area (TPSA) is 73.3 Å². The Hall–Kier alpha value is -4.19. The van der Waals surface area contributed by atoms with Crippen molar-refractivity contribution in [2.45, 2.75) is 13.2 Å². The molecule has 0 saturated heterocycles. The first-order valence-electron chi connectivity index (χ1n) is 9.83. The van der Waals surface area contributed by atoms with Gasteiger partial charge in [0, 0.05) is 24.2 Å². The molecule has 0 saturated carbocycles. The van der Waals surface area contributed by atoms with Crippen LogP contribution in [0.4, 0.5) is 5.82 Å². The molecular weight excluding hydrogens is 390 g/mol. The van der Waals surface area contributed by atoms with E-state index >= 15 is 0 Å². The van der Waals surface area contributed by atoms with Crippen molar-refractivity contribution in [2.75, 3.05) is 5.32 Å². The zero-order valence-electron chi connectivity index (χ0n) is 16.8. The summed E-state index contributed by atoms with van der Waals surface area (Å²) in [5.74, 6) is 1.28. The lowest BCUT2D eigenvalue weighted by Gasteiger charge is -2.12. The van der Waals surface area contributed by atoms with Gasteiger partial charge in [0.2, 0.25) is 0 Å². The molecule has 0 aliphatic rings. The zero-order chi connectivity index (χ0) is 21.3. The number of nitrogens with zero attached hydrogens (tertiary/aromatic N) is 2. The molecule has 0 bridgehead atoms. The summed E-state index contributed by atoms with van der Waals surface area (Å²) in [6.45, 7) is 0.822. The van der Waals surface area contributed by atoms with Gasteiger partial charge in [-0.1, -0.05) is 30.3 Å². The number of ether oxygens (including phenoxy) is 2. The van der Waals surface area contributed by atoms with Crippen LogP contribution >= 0.6 is 0 Å². The molecule has 2 aromatic carbocycles. The molecule has 6 heteroatoms. The van der Waals surface area contributed by atoms with Gasteiger partial charge >= 0.3 is 0 Å². The largest absolute Gasteiger partial charge is 0.489 e. The Morgan fingerprint density at radius 3 is 2.23 bits per heavy atom. The van der Waals surface area contributed by atoms with Crippen LogP contribution in [0.3, 0.4) is 0 Å². The fourth-order valence-corrected chi connectivity index (χ4v) is 2.86. The van der Waals surface area contributed by atoms with E-state index < -0.39 is 0 Å². The zero-order valence-corrected chi connectivity index (χ0v) is 16.8. The standard InChI is InChI=1S/C25H21N3O3/c29-25(21-8-10-22(11-9-21)30-17-19-5-2-1-3-6-19)28-24-23(7-4-14-27-24)31-18-20-12-15-26-16-13-20/h1-16H,17-18H2,(H,27,28,29). The van der Waals surface area contributed by atoms with Gasteiger partial charge in [0.1, 0.15) is 19.0 Å². The predicted molar refractivity (Wildman–Crippen MR) is 118 cm³/mol. The number of benzene rings is 2. The lowest BCUT2D eigenvalue weighted by Crippen LogP contribution is -2.14. The van der Waals surface area contributed by atoms with Gasteiger partial charge in [-0.05, 0) is 59.7 Å². The summed E-state index contributed by atoms with van der Waals surface area (Å²) in [6, 6.07) is 24.2. The number of anilines is 1. The molecule has 154 valence electrons. The third-order valence-electron chi connectivity index (χ3n) is 4.51. The molecule has 0 spiro atoms. The molecule has 31 heavy (non-hydrogen) atoms. The van der Waals surface area contributed by atoms with Crippen molar-refractivity contribution in [1.82, 2.24) is 9.97 Å². The maximum absolute atomic E-state index is 12.7. The number of hydrogen-bond acceptors (Lipinski definition) is 5. The minimum Gasteiger partial charge on any atom is -0.489 e. The smallest absolute Gasteiger partial charge is 0.256 e. The van der Waals surface area contributed by atoms with E-state index in [1.165, 1.54) is 0 Å². The molecule has 2 heterocycles. The Morgan fingerprint density at radius 2 is 1.45 bits per heavy atom. The van der Waals surface area contributed by atoms with Gasteiger partial charge in [0.25, 0.3) is 5.91 Å². The van der Waals surface area contributed by atoms with E-state index in [0.29, 0.717) is 36.1 Å². The highest BCUT2D eigenvalue weighted by molar-refractivity contribution is 6.04. The lowest BCUT2D eigenvalue weighted by atomic mass is 10.2. The van der Waals surface area contributed by atoms with Gasteiger partial charge < -0.3 is 14.8 Å². The van der Waals surface area contributed by atoms with Crippen LogP contribution in [-0.2, 0) is 13.2 Å². The van der Waals surface area contributed by atoms with Crippen molar-refractivity contribution in [2.24, 2.45) is 0 Å². The van der Waals surface area contributed by atoms with Crippen LogP contribution in [0.15, 0.2) is 97.5 Å². The van der Waals surface area contributed by atoms with Crippen LogP contribution in [-0.4, -0.2) is 15.9 Å². The molecule has 0 fully saturated rings. The number of amides is 1. The summed E-state index contributed by atoms with van der Waals surface area (Å²) in [5, 5.41) is 2.81. The highest BCUT2D eigenvalue weighted by Gasteiger charge is 2.11. The molecule has 1 N–H and O–H groups in total. The number of carbonyl (C=O) groups is 1. The van der Waals surface area contributed by atoms with E-state index in [2.05, 4.69) is 15.3 Å². The Kier molecular flexibility index (Phi) is 6.50. The van der Waals surface area contributed by atoms with Crippen LogP contribution in [0.1, 0.15) is 21.5 Å². The Bertz CT molecular complexity index is 1120. The van der Waals surface area contributed by atoms with Gasteiger partial charge in [-0.25, -0.2) is 4.98 Å². The number of rotatable bonds is 8. The SMILES string of the molecule is O=C(Nc1ncccc1OCc1ccncc1)c1ccc(OCc2ccccc2)cc1. The van der Waals surface area contributed by atoms with Gasteiger partial charge in [0.05, 0.1) is 0 Å². The summed E-state index contributed by atoms with van der Waals surface area (Å²) < 4.78 is 11.6. The van der Waals surface area contributed by atoms with Crippen molar-refractivity contribution in [3.63, 3.8) is 0 Å². The fourth-order valence-electron chi connectivity index (χ4n) is 2.86. The second kappa shape index (κ2) is 10.0. The van der Waals surface area contributed by atoms with Crippen LogP contribution in [0.2, 0.25) is 0 Å². The normalized spacial score (nSPS) is 10.3. The van der Waals surface area contributed by atoms with Gasteiger partial charge in [-0.15, -0.1) is 0 Å². The molecule has 2 aromatic heterocycles. The summed E-state index contributed by atoms with van der Waals surface area (Å²) in [4.78, 5) is 20.9. The van der Waals surface area contributed by atoms with Gasteiger partial charge in [0.15, 0.2) is 11.6 Å². The first kappa shape index (κ1) is 20.1. The summed E-state index contributed by atoms with van der Waals surface area (Å²) in [5.41, 5.74) is 2.55. The fraction of sp³-hybridized carbons (Fsp3) is 0.0800. The number of pyridine rings is 2. The van der Waals surface area contributed by atoms with Crippen LogP contribution < -0.4 is 14.8 Å². The van der Waals surface area contributed by atoms with Crippen molar-refractivity contribution in [3.05, 3.63) is 114 Å². The van der Waals surface area contributed by atoms with Crippen LogP contribution in [0, 0.1) is 0 Å². The molecule has 0 aliphatic heterocycles. The number of carbonyl (C=O) groups excluding carboxylic acids is 1. The van der Waals surface area contributed by atoms with Gasteiger partial charge in [-0.3, -0.25) is 9.78 Å². The predicted octanol–water partition coefficient (Wildman–Crippen LogP) is 4.89. The molecule has 0 unspecified atom stereocenters. The Morgan fingerprint density at radius 1 is 0.742 bits per heavy atom. The molecule has 1 amide bonds. The molecule has 4 aromatic rings. The summed E-state index contributed by atoms with van der Waals surface area (Å²) >= 11 is 0. The average Bonchev–Trinajstić information content (AvgIpc) is 2.84. The monoisotopic (exact) mass is 411 g/mol. The Balaban J connectivity index is 1.37. The quantitative estimate of drug-likeness (QED) is 0.447. The third kappa shape index (κ3) is 5.67. The molecule has 4 rings (SSSR count). The van der Waals surface area contributed by atoms with E-state index in [0.717, 1.165) is 11.1 Å². The molecule has 6 nitrogen and oxygen atoms in total.